The fraction of sp³-hybridized carbons (Fsp3) is 0.368. The van der Waals surface area contributed by atoms with Gasteiger partial charge in [0.25, 0.3) is 5.91 Å². The molecular weight excluding hydrogens is 370 g/mol. The summed E-state index contributed by atoms with van der Waals surface area (Å²) in [6, 6.07) is 7.74. The lowest BCUT2D eigenvalue weighted by Crippen LogP contribution is -2.46. The third-order valence-corrected chi connectivity index (χ3v) is 5.87. The Morgan fingerprint density at radius 3 is 3.12 bits per heavy atom. The molecule has 1 amide bonds. The second-order valence-electron chi connectivity index (χ2n) is 6.51. The number of benzene rings is 1. The van der Waals surface area contributed by atoms with Gasteiger partial charge in [-0.3, -0.25) is 9.20 Å². The van der Waals surface area contributed by atoms with Crippen LogP contribution >= 0.6 is 22.9 Å². The van der Waals surface area contributed by atoms with Crippen LogP contribution in [0.5, 0.6) is 0 Å². The molecule has 3 heterocycles. The number of thiazole rings is 1. The van der Waals surface area contributed by atoms with Crippen molar-refractivity contribution in [2.45, 2.75) is 25.3 Å². The number of methoxy groups -OCH3 is 1. The number of hydrogen-bond acceptors (Lipinski definition) is 4. The zero-order valence-corrected chi connectivity index (χ0v) is 16.1. The zero-order chi connectivity index (χ0) is 18.1. The molecule has 1 fully saturated rings. The largest absolute Gasteiger partial charge is 0.383 e. The summed E-state index contributed by atoms with van der Waals surface area (Å²) in [5.74, 6) is 0.0491. The van der Waals surface area contributed by atoms with Crippen molar-refractivity contribution in [3.63, 3.8) is 0 Å². The van der Waals surface area contributed by atoms with Crippen LogP contribution in [0.25, 0.3) is 16.2 Å². The highest BCUT2D eigenvalue weighted by molar-refractivity contribution is 7.15. The molecule has 1 saturated heterocycles. The summed E-state index contributed by atoms with van der Waals surface area (Å²) in [7, 11) is 1.69. The lowest BCUT2D eigenvalue weighted by Gasteiger charge is -2.35. The van der Waals surface area contributed by atoms with E-state index in [1.54, 1.807) is 7.11 Å². The lowest BCUT2D eigenvalue weighted by molar-refractivity contribution is 0.0422. The second kappa shape index (κ2) is 7.39. The molecule has 3 aromatic rings. The van der Waals surface area contributed by atoms with Gasteiger partial charge in [-0.15, -0.1) is 11.3 Å². The lowest BCUT2D eigenvalue weighted by atomic mass is 10.0. The van der Waals surface area contributed by atoms with Gasteiger partial charge in [-0.1, -0.05) is 23.7 Å². The van der Waals surface area contributed by atoms with Crippen molar-refractivity contribution < 1.29 is 9.53 Å². The summed E-state index contributed by atoms with van der Waals surface area (Å²) in [4.78, 5) is 20.6. The van der Waals surface area contributed by atoms with Gasteiger partial charge < -0.3 is 9.64 Å². The number of fused-ring (bicyclic) bond motifs is 1. The Kier molecular flexibility index (Phi) is 4.98. The Bertz CT molecular complexity index is 934. The summed E-state index contributed by atoms with van der Waals surface area (Å²) >= 11 is 7.57. The molecule has 0 N–H and O–H groups in total. The van der Waals surface area contributed by atoms with Crippen LogP contribution in [-0.2, 0) is 4.74 Å². The number of halogens is 1. The Labute approximate surface area is 161 Å². The molecule has 136 valence electrons. The van der Waals surface area contributed by atoms with E-state index in [2.05, 4.69) is 4.98 Å². The van der Waals surface area contributed by atoms with Crippen LogP contribution in [0.4, 0.5) is 0 Å². The molecule has 1 atom stereocenters. The van der Waals surface area contributed by atoms with Gasteiger partial charge in [-0.2, -0.15) is 0 Å². The topological polar surface area (TPSA) is 46.8 Å². The summed E-state index contributed by atoms with van der Waals surface area (Å²) in [5.41, 5.74) is 2.43. The molecule has 4 rings (SSSR count). The van der Waals surface area contributed by atoms with E-state index in [0.717, 1.165) is 42.0 Å². The normalized spacial score (nSPS) is 17.8. The monoisotopic (exact) mass is 389 g/mol. The third-order valence-electron chi connectivity index (χ3n) is 4.80. The van der Waals surface area contributed by atoms with Crippen LogP contribution in [0.2, 0.25) is 5.02 Å². The predicted octanol–water partition coefficient (Wildman–Crippen LogP) is 4.36. The molecule has 0 unspecified atom stereocenters. The average Bonchev–Trinajstić information content (AvgIpc) is 3.22. The van der Waals surface area contributed by atoms with Crippen LogP contribution in [0.3, 0.4) is 0 Å². The van der Waals surface area contributed by atoms with E-state index in [1.807, 2.05) is 45.1 Å². The number of piperidine rings is 1. The Balaban J connectivity index is 1.67. The number of hydrogen-bond donors (Lipinski definition) is 0. The van der Waals surface area contributed by atoms with Gasteiger partial charge in [0.2, 0.25) is 0 Å². The van der Waals surface area contributed by atoms with E-state index < -0.39 is 0 Å². The quantitative estimate of drug-likeness (QED) is 0.666. The standard InChI is InChI=1S/C19H20ClN3O2S/c1-25-11-15-7-2-3-8-22(15)18(24)17-12-26-19-21-16(10-23(17)19)13-5-4-6-14(20)9-13/h4-6,9-10,12,15H,2-3,7-8,11H2,1H3/t15-/m0/s1. The number of nitrogens with zero attached hydrogens (tertiary/aromatic N) is 3. The minimum absolute atomic E-state index is 0.0491. The van der Waals surface area contributed by atoms with Crippen molar-refractivity contribution in [2.75, 3.05) is 20.3 Å². The number of rotatable bonds is 4. The number of amides is 1. The number of carbonyl (C=O) groups excluding carboxylic acids is 1. The molecular formula is C19H20ClN3O2S. The highest BCUT2D eigenvalue weighted by Crippen LogP contribution is 2.27. The smallest absolute Gasteiger partial charge is 0.272 e. The second-order valence-corrected chi connectivity index (χ2v) is 7.79. The Morgan fingerprint density at radius 2 is 2.31 bits per heavy atom. The first-order valence-electron chi connectivity index (χ1n) is 8.70. The molecule has 5 nitrogen and oxygen atoms in total. The predicted molar refractivity (Wildman–Crippen MR) is 104 cm³/mol. The van der Waals surface area contributed by atoms with E-state index >= 15 is 0 Å². The van der Waals surface area contributed by atoms with Crippen molar-refractivity contribution in [3.8, 4) is 11.3 Å². The van der Waals surface area contributed by atoms with Gasteiger partial charge in [0, 0.05) is 35.8 Å². The van der Waals surface area contributed by atoms with Crippen molar-refractivity contribution in [1.29, 1.82) is 0 Å². The highest BCUT2D eigenvalue weighted by Gasteiger charge is 2.29. The maximum atomic E-state index is 13.2. The SMILES string of the molecule is COC[C@@H]1CCCCN1C(=O)c1csc2nc(-c3cccc(Cl)c3)cn12. The molecule has 2 aromatic heterocycles. The van der Waals surface area contributed by atoms with Gasteiger partial charge in [-0.25, -0.2) is 4.98 Å². The first-order chi connectivity index (χ1) is 12.7. The van der Waals surface area contributed by atoms with E-state index in [-0.39, 0.29) is 11.9 Å². The zero-order valence-electron chi connectivity index (χ0n) is 14.5. The van der Waals surface area contributed by atoms with Gasteiger partial charge in [-0.05, 0) is 31.4 Å². The number of ether oxygens (including phenoxy) is 1. The average molecular weight is 390 g/mol. The van der Waals surface area contributed by atoms with Crippen LogP contribution in [0.15, 0.2) is 35.8 Å². The van der Waals surface area contributed by atoms with Crippen LogP contribution in [-0.4, -0.2) is 46.5 Å². The summed E-state index contributed by atoms with van der Waals surface area (Å²) in [5, 5.41) is 2.57. The van der Waals surface area contributed by atoms with Crippen LogP contribution in [0, 0.1) is 0 Å². The minimum atomic E-state index is 0.0491. The fourth-order valence-corrected chi connectivity index (χ4v) is 4.54. The molecule has 7 heteroatoms. The van der Waals surface area contributed by atoms with Gasteiger partial charge in [0.1, 0.15) is 5.69 Å². The summed E-state index contributed by atoms with van der Waals surface area (Å²) in [6.07, 6.45) is 5.09. The van der Waals surface area contributed by atoms with Gasteiger partial charge in [0.05, 0.1) is 18.3 Å². The van der Waals surface area contributed by atoms with Crippen LogP contribution < -0.4 is 0 Å². The van der Waals surface area contributed by atoms with E-state index in [1.165, 1.54) is 11.3 Å². The van der Waals surface area contributed by atoms with E-state index in [4.69, 9.17) is 16.3 Å². The molecule has 1 aromatic carbocycles. The van der Waals surface area contributed by atoms with Crippen molar-refractivity contribution in [3.05, 3.63) is 46.6 Å². The van der Waals surface area contributed by atoms with E-state index in [0.29, 0.717) is 17.3 Å². The summed E-state index contributed by atoms with van der Waals surface area (Å²) < 4.78 is 7.21. The van der Waals surface area contributed by atoms with Crippen molar-refractivity contribution >= 4 is 33.8 Å². The minimum Gasteiger partial charge on any atom is -0.383 e. The Morgan fingerprint density at radius 1 is 1.42 bits per heavy atom. The molecule has 1 aliphatic rings. The maximum absolute atomic E-state index is 13.2. The molecule has 0 aliphatic carbocycles. The molecule has 26 heavy (non-hydrogen) atoms. The van der Waals surface area contributed by atoms with Gasteiger partial charge in [0.15, 0.2) is 4.96 Å². The molecule has 0 saturated carbocycles. The third kappa shape index (κ3) is 3.24. The molecule has 0 radical (unpaired) electrons. The fourth-order valence-electron chi connectivity index (χ4n) is 3.51. The first-order valence-corrected chi connectivity index (χ1v) is 9.95. The highest BCUT2D eigenvalue weighted by atomic mass is 35.5. The summed E-state index contributed by atoms with van der Waals surface area (Å²) in [6.45, 7) is 1.36. The van der Waals surface area contributed by atoms with E-state index in [9.17, 15) is 4.79 Å². The Hall–Kier alpha value is -1.89. The van der Waals surface area contributed by atoms with Crippen molar-refractivity contribution in [1.82, 2.24) is 14.3 Å². The van der Waals surface area contributed by atoms with Crippen molar-refractivity contribution in [2.24, 2.45) is 0 Å². The first kappa shape index (κ1) is 17.5. The molecule has 1 aliphatic heterocycles. The molecule has 0 bridgehead atoms. The number of likely N-dealkylation sites (tertiary alicyclic amines) is 1. The number of aromatic nitrogens is 2. The van der Waals surface area contributed by atoms with Crippen LogP contribution in [0.1, 0.15) is 29.8 Å². The van der Waals surface area contributed by atoms with Gasteiger partial charge >= 0.3 is 0 Å². The number of carbonyl (C=O) groups is 1. The molecule has 0 spiro atoms. The maximum Gasteiger partial charge on any atom is 0.272 e. The number of imidazole rings is 1.